The lowest BCUT2D eigenvalue weighted by atomic mass is 9.71. The number of aromatic nitrogens is 2. The number of carbonyl (C=O) groups is 1. The second-order valence-corrected chi connectivity index (χ2v) is 6.69. The van der Waals surface area contributed by atoms with Gasteiger partial charge in [0, 0.05) is 26.1 Å². The van der Waals surface area contributed by atoms with Crippen molar-refractivity contribution in [3.05, 3.63) is 5.01 Å². The van der Waals surface area contributed by atoms with Crippen LogP contribution in [0.4, 0.5) is 5.13 Å². The molecule has 0 spiro atoms. The summed E-state index contributed by atoms with van der Waals surface area (Å²) in [6.07, 6.45) is 4.82. The lowest BCUT2D eigenvalue weighted by molar-refractivity contribution is -0.0886. The number of hydrogen-bond acceptors (Lipinski definition) is 6. The Bertz CT molecular complexity index is 506. The first kappa shape index (κ1) is 13.8. The fourth-order valence-corrected chi connectivity index (χ4v) is 3.97. The second kappa shape index (κ2) is 5.29. The predicted octanol–water partition coefficient (Wildman–Crippen LogP) is 1.35. The highest BCUT2D eigenvalue weighted by Crippen LogP contribution is 2.40. The van der Waals surface area contributed by atoms with Crippen LogP contribution in [-0.2, 0) is 0 Å². The number of anilines is 1. The van der Waals surface area contributed by atoms with E-state index in [-0.39, 0.29) is 11.8 Å². The number of carbonyl (C=O) groups excluding carboxylic acids is 1. The van der Waals surface area contributed by atoms with Crippen molar-refractivity contribution >= 4 is 22.4 Å². The molecule has 1 saturated carbocycles. The van der Waals surface area contributed by atoms with Gasteiger partial charge in [-0.1, -0.05) is 24.2 Å². The second-order valence-electron chi connectivity index (χ2n) is 5.71. The normalized spacial score (nSPS) is 29.9. The summed E-state index contributed by atoms with van der Waals surface area (Å²) < 4.78 is 0. The number of hydrogen-bond donors (Lipinski definition) is 2. The Kier molecular flexibility index (Phi) is 3.64. The number of rotatable bonds is 2. The topological polar surface area (TPSA) is 78.4 Å². The molecule has 0 aromatic carbocycles. The Morgan fingerprint density at radius 2 is 2.30 bits per heavy atom. The summed E-state index contributed by atoms with van der Waals surface area (Å²) in [7, 11) is 1.76. The predicted molar refractivity (Wildman–Crippen MR) is 76.9 cm³/mol. The molecule has 1 aliphatic carbocycles. The smallest absolute Gasteiger partial charge is 0.284 e. The fourth-order valence-electron chi connectivity index (χ4n) is 3.30. The van der Waals surface area contributed by atoms with Gasteiger partial charge in [-0.05, 0) is 19.3 Å². The monoisotopic (exact) mass is 296 g/mol. The number of fused-ring (bicyclic) bond motifs is 1. The van der Waals surface area contributed by atoms with Crippen LogP contribution in [0.3, 0.4) is 0 Å². The molecule has 1 aliphatic heterocycles. The molecule has 0 bridgehead atoms. The van der Waals surface area contributed by atoms with E-state index in [9.17, 15) is 9.90 Å². The number of nitrogens with one attached hydrogen (secondary N) is 1. The van der Waals surface area contributed by atoms with E-state index in [0.29, 0.717) is 29.6 Å². The summed E-state index contributed by atoms with van der Waals surface area (Å²) in [6.45, 7) is 1.25. The van der Waals surface area contributed by atoms with Gasteiger partial charge in [0.2, 0.25) is 10.1 Å². The first-order valence-electron chi connectivity index (χ1n) is 7.15. The third-order valence-electron chi connectivity index (χ3n) is 4.54. The number of likely N-dealkylation sites (tertiary alicyclic amines) is 1. The van der Waals surface area contributed by atoms with Crippen LogP contribution in [0.25, 0.3) is 0 Å². The van der Waals surface area contributed by atoms with E-state index < -0.39 is 5.60 Å². The average molecular weight is 296 g/mol. The van der Waals surface area contributed by atoms with Crippen LogP contribution in [0.15, 0.2) is 0 Å². The van der Waals surface area contributed by atoms with Gasteiger partial charge in [-0.3, -0.25) is 4.79 Å². The van der Waals surface area contributed by atoms with E-state index in [1.807, 2.05) is 4.90 Å². The molecule has 110 valence electrons. The number of amides is 1. The first-order valence-corrected chi connectivity index (χ1v) is 7.97. The summed E-state index contributed by atoms with van der Waals surface area (Å²) >= 11 is 1.28. The molecule has 7 heteroatoms. The Labute approximate surface area is 122 Å². The van der Waals surface area contributed by atoms with Crippen molar-refractivity contribution in [1.29, 1.82) is 0 Å². The molecular weight excluding hydrogens is 276 g/mol. The zero-order valence-corrected chi connectivity index (χ0v) is 12.4. The van der Waals surface area contributed by atoms with Crippen LogP contribution < -0.4 is 5.32 Å². The minimum atomic E-state index is -0.549. The Balaban J connectivity index is 1.71. The van der Waals surface area contributed by atoms with Crippen LogP contribution >= 0.6 is 11.3 Å². The third kappa shape index (κ3) is 2.40. The van der Waals surface area contributed by atoms with Crippen molar-refractivity contribution < 1.29 is 9.90 Å². The molecular formula is C13H20N4O2S. The van der Waals surface area contributed by atoms with Crippen LogP contribution in [0.1, 0.15) is 41.9 Å². The maximum atomic E-state index is 12.4. The summed E-state index contributed by atoms with van der Waals surface area (Å²) in [6, 6.07) is 0. The van der Waals surface area contributed by atoms with E-state index in [2.05, 4.69) is 15.5 Å². The Hall–Kier alpha value is -1.21. The van der Waals surface area contributed by atoms with Gasteiger partial charge in [0.1, 0.15) is 0 Å². The van der Waals surface area contributed by atoms with E-state index >= 15 is 0 Å². The number of aliphatic hydroxyl groups is 1. The molecule has 2 aliphatic rings. The van der Waals surface area contributed by atoms with Gasteiger partial charge >= 0.3 is 0 Å². The molecule has 3 rings (SSSR count). The molecule has 2 fully saturated rings. The number of nitrogens with zero attached hydrogens (tertiary/aromatic N) is 3. The minimum absolute atomic E-state index is 0.0587. The average Bonchev–Trinajstić information content (AvgIpc) is 2.94. The quantitative estimate of drug-likeness (QED) is 0.861. The maximum Gasteiger partial charge on any atom is 0.284 e. The zero-order valence-electron chi connectivity index (χ0n) is 11.6. The lowest BCUT2D eigenvalue weighted by Crippen LogP contribution is -2.54. The van der Waals surface area contributed by atoms with E-state index in [0.717, 1.165) is 25.7 Å². The van der Waals surface area contributed by atoms with Crippen LogP contribution in [0.2, 0.25) is 0 Å². The first-order chi connectivity index (χ1) is 9.62. The van der Waals surface area contributed by atoms with Crippen LogP contribution in [0, 0.1) is 5.92 Å². The van der Waals surface area contributed by atoms with Crippen molar-refractivity contribution in [1.82, 2.24) is 15.1 Å². The highest BCUT2D eigenvalue weighted by atomic mass is 32.1. The Morgan fingerprint density at radius 1 is 1.45 bits per heavy atom. The number of piperidine rings is 1. The van der Waals surface area contributed by atoms with Gasteiger partial charge in [0.25, 0.3) is 5.91 Å². The summed E-state index contributed by atoms with van der Waals surface area (Å²) in [5.74, 6) is 0.155. The molecule has 1 amide bonds. The van der Waals surface area contributed by atoms with Crippen molar-refractivity contribution in [2.45, 2.75) is 37.7 Å². The molecule has 2 atom stereocenters. The van der Waals surface area contributed by atoms with E-state index in [1.165, 1.54) is 11.3 Å². The standard InChI is InChI=1S/C13H20N4O2S/c1-14-12-16-15-10(20-12)11(18)17-7-6-13(19)5-3-2-4-9(13)8-17/h9,19H,2-8H2,1H3,(H,14,16). The summed E-state index contributed by atoms with van der Waals surface area (Å²) in [4.78, 5) is 14.3. The van der Waals surface area contributed by atoms with Crippen LogP contribution in [-0.4, -0.2) is 51.8 Å². The lowest BCUT2D eigenvalue weighted by Gasteiger charge is -2.47. The third-order valence-corrected chi connectivity index (χ3v) is 5.47. The van der Waals surface area contributed by atoms with E-state index in [4.69, 9.17) is 0 Å². The van der Waals surface area contributed by atoms with Gasteiger partial charge in [0.05, 0.1) is 5.60 Å². The van der Waals surface area contributed by atoms with Crippen molar-refractivity contribution in [2.24, 2.45) is 5.92 Å². The SMILES string of the molecule is CNc1nnc(C(=O)N2CCC3(O)CCCCC3C2)s1. The van der Waals surface area contributed by atoms with E-state index in [1.54, 1.807) is 7.05 Å². The zero-order chi connectivity index (χ0) is 14.2. The molecule has 6 nitrogen and oxygen atoms in total. The molecule has 2 heterocycles. The maximum absolute atomic E-state index is 12.4. The summed E-state index contributed by atoms with van der Waals surface area (Å²) in [5, 5.41) is 22.4. The van der Waals surface area contributed by atoms with Gasteiger partial charge in [-0.25, -0.2) is 0 Å². The molecule has 20 heavy (non-hydrogen) atoms. The van der Waals surface area contributed by atoms with Gasteiger partial charge in [0.15, 0.2) is 0 Å². The summed E-state index contributed by atoms with van der Waals surface area (Å²) in [5.41, 5.74) is -0.549. The van der Waals surface area contributed by atoms with Gasteiger partial charge in [-0.15, -0.1) is 10.2 Å². The van der Waals surface area contributed by atoms with Gasteiger partial charge in [-0.2, -0.15) is 0 Å². The largest absolute Gasteiger partial charge is 0.389 e. The molecule has 2 unspecified atom stereocenters. The Morgan fingerprint density at radius 3 is 3.05 bits per heavy atom. The molecule has 0 radical (unpaired) electrons. The molecule has 1 aromatic rings. The highest BCUT2D eigenvalue weighted by molar-refractivity contribution is 7.17. The van der Waals surface area contributed by atoms with Gasteiger partial charge < -0.3 is 15.3 Å². The molecule has 2 N–H and O–H groups in total. The fraction of sp³-hybridized carbons (Fsp3) is 0.769. The molecule has 1 aromatic heterocycles. The molecule has 1 saturated heterocycles. The highest BCUT2D eigenvalue weighted by Gasteiger charge is 2.44. The van der Waals surface area contributed by atoms with Crippen molar-refractivity contribution in [2.75, 3.05) is 25.5 Å². The minimum Gasteiger partial charge on any atom is -0.389 e. The van der Waals surface area contributed by atoms with Crippen LogP contribution in [0.5, 0.6) is 0 Å². The van der Waals surface area contributed by atoms with Crippen molar-refractivity contribution in [3.63, 3.8) is 0 Å². The van der Waals surface area contributed by atoms with Crippen molar-refractivity contribution in [3.8, 4) is 0 Å².